The Morgan fingerprint density at radius 1 is 1.33 bits per heavy atom. The molecule has 0 amide bonds. The van der Waals surface area contributed by atoms with Crippen LogP contribution in [0.5, 0.6) is 0 Å². The van der Waals surface area contributed by atoms with Crippen molar-refractivity contribution in [1.29, 1.82) is 0 Å². The molecule has 0 fully saturated rings. The molecule has 0 radical (unpaired) electrons. The molecule has 15 heavy (non-hydrogen) atoms. The van der Waals surface area contributed by atoms with Gasteiger partial charge in [-0.3, -0.25) is 4.79 Å². The number of hydrogen-bond acceptors (Lipinski definition) is 1. The Bertz CT molecular complexity index is 386. The third kappa shape index (κ3) is 3.30. The van der Waals surface area contributed by atoms with E-state index in [9.17, 15) is 22.4 Å². The maximum atomic E-state index is 12.6. The highest BCUT2D eigenvalue weighted by atomic mass is 79.9. The fourth-order valence-electron chi connectivity index (χ4n) is 0.938. The molecule has 0 saturated heterocycles. The number of halogens is 5. The molecule has 0 unspecified atom stereocenters. The Labute approximate surface area is 91.2 Å². The molecule has 0 bridgehead atoms. The van der Waals surface area contributed by atoms with Gasteiger partial charge in [0.05, 0.1) is 0 Å². The third-order valence-corrected chi connectivity index (χ3v) is 2.42. The molecule has 1 aromatic rings. The van der Waals surface area contributed by atoms with Gasteiger partial charge in [0.25, 0.3) is 0 Å². The summed E-state index contributed by atoms with van der Waals surface area (Å²) in [5.74, 6) is -2.43. The molecule has 1 rings (SSSR count). The van der Waals surface area contributed by atoms with Crippen LogP contribution in [0.1, 0.15) is 5.56 Å². The van der Waals surface area contributed by atoms with Crippen LogP contribution in [0, 0.1) is 5.82 Å². The van der Waals surface area contributed by atoms with Gasteiger partial charge in [-0.25, -0.2) is 4.39 Å². The normalized spacial score (nSPS) is 11.5. The Balaban J connectivity index is 2.87. The van der Waals surface area contributed by atoms with Gasteiger partial charge in [0.15, 0.2) is 0 Å². The first-order valence-corrected chi connectivity index (χ1v) is 4.64. The molecule has 1 aromatic carbocycles. The average Bonchev–Trinajstić information content (AvgIpc) is 2.08. The molecule has 0 spiro atoms. The lowest BCUT2D eigenvalue weighted by Gasteiger charge is -2.06. The standard InChI is InChI=1S/C9H5BrF4O/c10-7-4-6(11)2-1-5(7)3-8(15)9(12,13)14/h1-2,4H,3H2. The van der Waals surface area contributed by atoms with E-state index in [2.05, 4.69) is 15.9 Å². The number of Topliss-reactive ketones (excluding diaryl/α,β-unsaturated/α-hetero) is 1. The fourth-order valence-corrected chi connectivity index (χ4v) is 1.43. The van der Waals surface area contributed by atoms with Gasteiger partial charge >= 0.3 is 6.18 Å². The molecule has 0 aliphatic heterocycles. The topological polar surface area (TPSA) is 17.1 Å². The second-order valence-electron chi connectivity index (χ2n) is 2.83. The highest BCUT2D eigenvalue weighted by Crippen LogP contribution is 2.23. The first kappa shape index (κ1) is 12.2. The van der Waals surface area contributed by atoms with E-state index in [1.807, 2.05) is 0 Å². The third-order valence-electron chi connectivity index (χ3n) is 1.68. The summed E-state index contributed by atoms with van der Waals surface area (Å²) in [7, 11) is 0. The highest BCUT2D eigenvalue weighted by Gasteiger charge is 2.37. The van der Waals surface area contributed by atoms with Gasteiger partial charge in [0.1, 0.15) is 5.82 Å². The minimum atomic E-state index is -4.85. The predicted octanol–water partition coefficient (Wildman–Crippen LogP) is 3.26. The summed E-state index contributed by atoms with van der Waals surface area (Å²) in [6.07, 6.45) is -5.64. The summed E-state index contributed by atoms with van der Waals surface area (Å²) in [6.45, 7) is 0. The van der Waals surface area contributed by atoms with Crippen LogP contribution in [0.4, 0.5) is 17.6 Å². The first-order valence-electron chi connectivity index (χ1n) is 3.84. The summed E-state index contributed by atoms with van der Waals surface area (Å²) < 4.78 is 48.5. The Morgan fingerprint density at radius 3 is 2.40 bits per heavy atom. The molecular formula is C9H5BrF4O. The van der Waals surface area contributed by atoms with Crippen LogP contribution < -0.4 is 0 Å². The number of benzene rings is 1. The first-order chi connectivity index (χ1) is 6.80. The van der Waals surface area contributed by atoms with Crippen LogP contribution in [0.2, 0.25) is 0 Å². The van der Waals surface area contributed by atoms with Crippen molar-refractivity contribution in [3.63, 3.8) is 0 Å². The molecule has 1 nitrogen and oxygen atoms in total. The monoisotopic (exact) mass is 284 g/mol. The van der Waals surface area contributed by atoms with Crippen LogP contribution in [0.25, 0.3) is 0 Å². The van der Waals surface area contributed by atoms with E-state index in [0.29, 0.717) is 0 Å². The lowest BCUT2D eigenvalue weighted by atomic mass is 10.1. The Kier molecular flexibility index (Phi) is 3.49. The average molecular weight is 285 g/mol. The van der Waals surface area contributed by atoms with E-state index >= 15 is 0 Å². The second kappa shape index (κ2) is 4.30. The fraction of sp³-hybridized carbons (Fsp3) is 0.222. The minimum absolute atomic E-state index is 0.110. The van der Waals surface area contributed by atoms with E-state index in [1.54, 1.807) is 0 Å². The van der Waals surface area contributed by atoms with Gasteiger partial charge in [-0.1, -0.05) is 22.0 Å². The van der Waals surface area contributed by atoms with Crippen LogP contribution in [0.3, 0.4) is 0 Å². The van der Waals surface area contributed by atoms with Gasteiger partial charge < -0.3 is 0 Å². The number of hydrogen-bond donors (Lipinski definition) is 0. The van der Waals surface area contributed by atoms with Gasteiger partial charge in [-0.05, 0) is 17.7 Å². The van der Waals surface area contributed by atoms with Crippen molar-refractivity contribution in [1.82, 2.24) is 0 Å². The van der Waals surface area contributed by atoms with Gasteiger partial charge in [0, 0.05) is 10.9 Å². The summed E-state index contributed by atoms with van der Waals surface area (Å²) in [6, 6.07) is 3.16. The lowest BCUT2D eigenvalue weighted by molar-refractivity contribution is -0.170. The smallest absolute Gasteiger partial charge is 0.289 e. The Morgan fingerprint density at radius 2 is 1.93 bits per heavy atom. The van der Waals surface area contributed by atoms with Crippen LogP contribution in [0.15, 0.2) is 22.7 Å². The summed E-state index contributed by atoms with van der Waals surface area (Å²) >= 11 is 2.88. The van der Waals surface area contributed by atoms with Crippen molar-refractivity contribution >= 4 is 21.7 Å². The zero-order valence-electron chi connectivity index (χ0n) is 7.24. The molecule has 0 N–H and O–H groups in total. The lowest BCUT2D eigenvalue weighted by Crippen LogP contribution is -2.24. The van der Waals surface area contributed by atoms with Crippen LogP contribution in [-0.2, 0) is 11.2 Å². The van der Waals surface area contributed by atoms with Crippen molar-refractivity contribution < 1.29 is 22.4 Å². The SMILES string of the molecule is O=C(Cc1ccc(F)cc1Br)C(F)(F)F. The molecule has 0 aliphatic carbocycles. The molecule has 0 heterocycles. The number of carbonyl (C=O) groups is 1. The van der Waals surface area contributed by atoms with Gasteiger partial charge in [-0.2, -0.15) is 13.2 Å². The maximum absolute atomic E-state index is 12.6. The highest BCUT2D eigenvalue weighted by molar-refractivity contribution is 9.10. The van der Waals surface area contributed by atoms with Gasteiger partial charge in [-0.15, -0.1) is 0 Å². The zero-order valence-corrected chi connectivity index (χ0v) is 8.82. The van der Waals surface area contributed by atoms with E-state index in [0.717, 1.165) is 18.2 Å². The number of carbonyl (C=O) groups excluding carboxylic acids is 1. The van der Waals surface area contributed by atoms with E-state index in [1.165, 1.54) is 0 Å². The molecule has 6 heteroatoms. The van der Waals surface area contributed by atoms with Crippen LogP contribution in [-0.4, -0.2) is 12.0 Å². The molecule has 0 aliphatic rings. The van der Waals surface area contributed by atoms with Gasteiger partial charge in [0.2, 0.25) is 5.78 Å². The zero-order chi connectivity index (χ0) is 11.6. The van der Waals surface area contributed by atoms with Crippen molar-refractivity contribution in [3.8, 4) is 0 Å². The van der Waals surface area contributed by atoms with Crippen molar-refractivity contribution in [3.05, 3.63) is 34.1 Å². The number of ketones is 1. The molecule has 0 saturated carbocycles. The largest absolute Gasteiger partial charge is 0.450 e. The summed E-state index contributed by atoms with van der Waals surface area (Å²) in [4.78, 5) is 10.6. The van der Waals surface area contributed by atoms with Crippen LogP contribution >= 0.6 is 15.9 Å². The Hall–Kier alpha value is -0.910. The second-order valence-corrected chi connectivity index (χ2v) is 3.69. The molecule has 0 aromatic heterocycles. The van der Waals surface area contributed by atoms with Crippen molar-refractivity contribution in [2.45, 2.75) is 12.6 Å². The quantitative estimate of drug-likeness (QED) is 0.762. The minimum Gasteiger partial charge on any atom is -0.289 e. The number of rotatable bonds is 2. The summed E-state index contributed by atoms with van der Waals surface area (Å²) in [5, 5.41) is 0. The van der Waals surface area contributed by atoms with E-state index in [-0.39, 0.29) is 10.0 Å². The molecule has 82 valence electrons. The summed E-state index contributed by atoms with van der Waals surface area (Å²) in [5.41, 5.74) is 0.110. The number of alkyl halides is 3. The van der Waals surface area contributed by atoms with E-state index < -0.39 is 24.2 Å². The molecule has 0 atom stereocenters. The van der Waals surface area contributed by atoms with Crippen molar-refractivity contribution in [2.75, 3.05) is 0 Å². The van der Waals surface area contributed by atoms with E-state index in [4.69, 9.17) is 0 Å². The molecular weight excluding hydrogens is 280 g/mol. The van der Waals surface area contributed by atoms with Crippen molar-refractivity contribution in [2.24, 2.45) is 0 Å². The maximum Gasteiger partial charge on any atom is 0.450 e. The predicted molar refractivity (Wildman–Crippen MR) is 48.9 cm³/mol.